The third-order valence-corrected chi connectivity index (χ3v) is 3.79. The smallest absolute Gasteiger partial charge is 0.291 e. The molecule has 0 aliphatic rings. The van der Waals surface area contributed by atoms with E-state index in [-0.39, 0.29) is 5.76 Å². The minimum absolute atomic E-state index is 0.122. The number of carbonyl (C=O) groups is 1. The average Bonchev–Trinajstić information content (AvgIpc) is 3.03. The molecule has 24 heavy (non-hydrogen) atoms. The van der Waals surface area contributed by atoms with Crippen molar-refractivity contribution in [3.8, 4) is 11.3 Å². The molecule has 7 heteroatoms. The van der Waals surface area contributed by atoms with Gasteiger partial charge in [0.15, 0.2) is 5.76 Å². The summed E-state index contributed by atoms with van der Waals surface area (Å²) >= 11 is 12.0. The lowest BCUT2D eigenvalue weighted by Crippen LogP contribution is -2.13. The topological polar surface area (TPSA) is 42.2 Å². The molecule has 0 atom stereocenters. The normalized spacial score (nSPS) is 10.7. The van der Waals surface area contributed by atoms with Gasteiger partial charge in [-0.25, -0.2) is 8.78 Å². The van der Waals surface area contributed by atoms with Crippen LogP contribution in [0, 0.1) is 11.6 Å². The quantitative estimate of drug-likeness (QED) is 0.636. The first-order chi connectivity index (χ1) is 11.5. The summed E-state index contributed by atoms with van der Waals surface area (Å²) in [6, 6.07) is 11.0. The van der Waals surface area contributed by atoms with Crippen molar-refractivity contribution < 1.29 is 18.0 Å². The molecule has 1 heterocycles. The third-order valence-electron chi connectivity index (χ3n) is 3.22. The number of rotatable bonds is 3. The van der Waals surface area contributed by atoms with Crippen LogP contribution in [-0.4, -0.2) is 5.91 Å². The van der Waals surface area contributed by atoms with E-state index in [1.54, 1.807) is 18.2 Å². The summed E-state index contributed by atoms with van der Waals surface area (Å²) in [7, 11) is 0. The highest BCUT2D eigenvalue weighted by atomic mass is 35.5. The Balaban J connectivity index is 1.88. The van der Waals surface area contributed by atoms with Crippen LogP contribution in [0.15, 0.2) is 52.9 Å². The Morgan fingerprint density at radius 2 is 1.71 bits per heavy atom. The Morgan fingerprint density at radius 1 is 1.00 bits per heavy atom. The Kier molecular flexibility index (Phi) is 4.55. The van der Waals surface area contributed by atoms with E-state index >= 15 is 0 Å². The van der Waals surface area contributed by atoms with Gasteiger partial charge in [-0.1, -0.05) is 29.3 Å². The highest BCUT2D eigenvalue weighted by molar-refractivity contribution is 6.35. The van der Waals surface area contributed by atoms with Crippen LogP contribution in [0.2, 0.25) is 10.0 Å². The summed E-state index contributed by atoms with van der Waals surface area (Å²) in [5, 5.41) is 2.98. The monoisotopic (exact) mass is 367 g/mol. The molecule has 0 unspecified atom stereocenters. The van der Waals surface area contributed by atoms with Crippen LogP contribution >= 0.6 is 23.2 Å². The van der Waals surface area contributed by atoms with Gasteiger partial charge in [-0.15, -0.1) is 0 Å². The highest BCUT2D eigenvalue weighted by Crippen LogP contribution is 2.32. The average molecular weight is 368 g/mol. The summed E-state index contributed by atoms with van der Waals surface area (Å²) in [4.78, 5) is 12.1. The summed E-state index contributed by atoms with van der Waals surface area (Å²) in [5.41, 5.74) is -0.0403. The number of carbonyl (C=O) groups excluding carboxylic acids is 1. The van der Waals surface area contributed by atoms with Gasteiger partial charge in [-0.2, -0.15) is 0 Å². The zero-order valence-electron chi connectivity index (χ0n) is 11.9. The van der Waals surface area contributed by atoms with E-state index in [0.717, 1.165) is 12.1 Å². The van der Waals surface area contributed by atoms with Crippen molar-refractivity contribution in [1.29, 1.82) is 0 Å². The number of amides is 1. The number of anilines is 1. The van der Waals surface area contributed by atoms with Crippen LogP contribution in [0.25, 0.3) is 11.3 Å². The van der Waals surface area contributed by atoms with Gasteiger partial charge >= 0.3 is 0 Å². The van der Waals surface area contributed by atoms with Crippen molar-refractivity contribution in [3.05, 3.63) is 76.0 Å². The number of halogens is 4. The van der Waals surface area contributed by atoms with Crippen molar-refractivity contribution in [2.24, 2.45) is 0 Å². The van der Waals surface area contributed by atoms with Crippen LogP contribution in [0.5, 0.6) is 0 Å². The molecule has 0 saturated carbocycles. The summed E-state index contributed by atoms with van der Waals surface area (Å²) in [6.45, 7) is 0. The van der Waals surface area contributed by atoms with Gasteiger partial charge in [-0.3, -0.25) is 4.79 Å². The van der Waals surface area contributed by atoms with Crippen molar-refractivity contribution in [3.63, 3.8) is 0 Å². The Hall–Kier alpha value is -2.37. The molecule has 0 fully saturated rings. The van der Waals surface area contributed by atoms with Gasteiger partial charge in [0.05, 0.1) is 5.02 Å². The highest BCUT2D eigenvalue weighted by Gasteiger charge is 2.17. The molecule has 2 aromatic carbocycles. The molecule has 0 radical (unpaired) electrons. The second-order valence-corrected chi connectivity index (χ2v) is 5.68. The second kappa shape index (κ2) is 6.63. The fourth-order valence-electron chi connectivity index (χ4n) is 2.08. The molecule has 0 spiro atoms. The lowest BCUT2D eigenvalue weighted by Gasteiger charge is -2.06. The van der Waals surface area contributed by atoms with Gasteiger partial charge in [0.2, 0.25) is 0 Å². The first-order valence-electron chi connectivity index (χ1n) is 6.76. The predicted molar refractivity (Wildman–Crippen MR) is 88.5 cm³/mol. The number of nitrogens with one attached hydrogen (secondary N) is 1. The minimum Gasteiger partial charge on any atom is -0.451 e. The van der Waals surface area contributed by atoms with Crippen molar-refractivity contribution >= 4 is 34.8 Å². The predicted octanol–water partition coefficient (Wildman–Crippen LogP) is 5.78. The lowest BCUT2D eigenvalue weighted by molar-refractivity contribution is 0.0996. The molecule has 1 N–H and O–H groups in total. The Morgan fingerprint density at radius 3 is 2.42 bits per heavy atom. The number of hydrogen-bond acceptors (Lipinski definition) is 2. The largest absolute Gasteiger partial charge is 0.451 e. The number of benzene rings is 2. The zero-order valence-corrected chi connectivity index (χ0v) is 13.5. The Bertz CT molecular complexity index is 904. The van der Waals surface area contributed by atoms with E-state index in [0.29, 0.717) is 21.4 Å². The van der Waals surface area contributed by atoms with Crippen molar-refractivity contribution in [1.82, 2.24) is 0 Å². The Labute approximate surface area is 145 Å². The molecule has 122 valence electrons. The maximum absolute atomic E-state index is 13.6. The summed E-state index contributed by atoms with van der Waals surface area (Å²) in [5.74, 6) is -2.37. The van der Waals surface area contributed by atoms with E-state index in [1.807, 2.05) is 0 Å². The van der Waals surface area contributed by atoms with Crippen molar-refractivity contribution in [2.75, 3.05) is 5.32 Å². The first kappa shape index (κ1) is 16.5. The maximum atomic E-state index is 13.6. The number of furan rings is 1. The van der Waals surface area contributed by atoms with Crippen LogP contribution in [-0.2, 0) is 0 Å². The molecule has 0 saturated heterocycles. The molecule has 3 aromatic rings. The van der Waals surface area contributed by atoms with Gasteiger partial charge < -0.3 is 9.73 Å². The number of hydrogen-bond donors (Lipinski definition) is 1. The first-order valence-corrected chi connectivity index (χ1v) is 7.52. The van der Waals surface area contributed by atoms with Gasteiger partial charge in [-0.05, 0) is 42.5 Å². The standard InChI is InChI=1S/C17H9Cl2F2NO2/c18-9-4-5-11(19)10(8-9)14-6-7-15(24-14)17(23)22-16-12(20)2-1-3-13(16)21/h1-8H,(H,22,23). The van der Waals surface area contributed by atoms with E-state index in [9.17, 15) is 13.6 Å². The van der Waals surface area contributed by atoms with Gasteiger partial charge in [0.1, 0.15) is 23.1 Å². The third kappa shape index (κ3) is 3.27. The molecule has 3 nitrogen and oxygen atoms in total. The van der Waals surface area contributed by atoms with Crippen LogP contribution in [0.1, 0.15) is 10.6 Å². The molecule has 1 aromatic heterocycles. The molecular weight excluding hydrogens is 359 g/mol. The molecule has 1 amide bonds. The van der Waals surface area contributed by atoms with Crippen LogP contribution in [0.4, 0.5) is 14.5 Å². The summed E-state index contributed by atoms with van der Waals surface area (Å²) < 4.78 is 32.6. The lowest BCUT2D eigenvalue weighted by atomic mass is 10.2. The van der Waals surface area contributed by atoms with E-state index in [2.05, 4.69) is 5.32 Å². The molecule has 0 aliphatic carbocycles. The van der Waals surface area contributed by atoms with Crippen molar-refractivity contribution in [2.45, 2.75) is 0 Å². The number of para-hydroxylation sites is 1. The van der Waals surface area contributed by atoms with Crippen LogP contribution in [0.3, 0.4) is 0 Å². The molecule has 3 rings (SSSR count). The minimum atomic E-state index is -0.881. The zero-order chi connectivity index (χ0) is 17.3. The SMILES string of the molecule is O=C(Nc1c(F)cccc1F)c1ccc(-c2cc(Cl)ccc2Cl)o1. The van der Waals surface area contributed by atoms with Gasteiger partial charge in [0, 0.05) is 10.6 Å². The van der Waals surface area contributed by atoms with E-state index < -0.39 is 23.2 Å². The van der Waals surface area contributed by atoms with Crippen LogP contribution < -0.4 is 5.32 Å². The fourth-order valence-corrected chi connectivity index (χ4v) is 2.47. The van der Waals surface area contributed by atoms with E-state index in [1.165, 1.54) is 18.2 Å². The molecule has 0 aliphatic heterocycles. The molecule has 0 bridgehead atoms. The van der Waals surface area contributed by atoms with E-state index in [4.69, 9.17) is 27.6 Å². The second-order valence-electron chi connectivity index (χ2n) is 4.84. The summed E-state index contributed by atoms with van der Waals surface area (Å²) in [6.07, 6.45) is 0. The fraction of sp³-hybridized carbons (Fsp3) is 0. The maximum Gasteiger partial charge on any atom is 0.291 e. The molecular formula is C17H9Cl2F2NO2. The van der Waals surface area contributed by atoms with Gasteiger partial charge in [0.25, 0.3) is 5.91 Å².